The molecule has 23 heavy (non-hydrogen) atoms. The lowest BCUT2D eigenvalue weighted by Crippen LogP contribution is -2.25. The standard InChI is InChI=1S/C18H26N4O/c1-12(2)14(4)21-17-8-6-7-16(13(17)3)18(23)19-9-15-10-20-22(5)11-15/h6-8,10-12,14,21H,9H2,1-5H3,(H,19,23). The lowest BCUT2D eigenvalue weighted by Gasteiger charge is -2.21. The summed E-state index contributed by atoms with van der Waals surface area (Å²) in [6.45, 7) is 8.97. The fourth-order valence-corrected chi connectivity index (χ4v) is 2.29. The van der Waals surface area contributed by atoms with Crippen molar-refractivity contribution in [3.63, 3.8) is 0 Å². The van der Waals surface area contributed by atoms with Crippen LogP contribution in [0.4, 0.5) is 5.69 Å². The molecule has 1 unspecified atom stereocenters. The Morgan fingerprint density at radius 3 is 2.65 bits per heavy atom. The molecule has 2 N–H and O–H groups in total. The van der Waals surface area contributed by atoms with Crippen LogP contribution in [0.5, 0.6) is 0 Å². The molecule has 5 nitrogen and oxygen atoms in total. The molecule has 0 radical (unpaired) electrons. The lowest BCUT2D eigenvalue weighted by atomic mass is 10.0. The Bertz CT molecular complexity index is 675. The molecule has 0 aliphatic rings. The zero-order chi connectivity index (χ0) is 17.0. The van der Waals surface area contributed by atoms with E-state index < -0.39 is 0 Å². The Balaban J connectivity index is 2.08. The van der Waals surface area contributed by atoms with Gasteiger partial charge in [-0.05, 0) is 37.5 Å². The average Bonchev–Trinajstić information content (AvgIpc) is 2.92. The number of nitrogens with zero attached hydrogens (tertiary/aromatic N) is 2. The number of hydrogen-bond donors (Lipinski definition) is 2. The van der Waals surface area contributed by atoms with E-state index in [1.54, 1.807) is 10.9 Å². The van der Waals surface area contributed by atoms with E-state index in [0.29, 0.717) is 24.1 Å². The van der Waals surface area contributed by atoms with E-state index in [1.807, 2.05) is 38.4 Å². The molecular weight excluding hydrogens is 288 g/mol. The van der Waals surface area contributed by atoms with Gasteiger partial charge in [0.25, 0.3) is 5.91 Å². The number of aryl methyl sites for hydroxylation is 1. The first kappa shape index (κ1) is 17.1. The zero-order valence-corrected chi connectivity index (χ0v) is 14.6. The molecule has 1 atom stereocenters. The van der Waals surface area contributed by atoms with Crippen LogP contribution in [0.1, 0.15) is 42.3 Å². The van der Waals surface area contributed by atoms with Crippen LogP contribution >= 0.6 is 0 Å². The molecule has 0 aliphatic heterocycles. The van der Waals surface area contributed by atoms with E-state index in [9.17, 15) is 4.79 Å². The molecule has 0 aliphatic carbocycles. The maximum Gasteiger partial charge on any atom is 0.251 e. The predicted octanol–water partition coefficient (Wildman–Crippen LogP) is 3.11. The lowest BCUT2D eigenvalue weighted by molar-refractivity contribution is 0.0950. The van der Waals surface area contributed by atoms with E-state index in [1.165, 1.54) is 0 Å². The maximum atomic E-state index is 12.5. The predicted molar refractivity (Wildman–Crippen MR) is 93.5 cm³/mol. The molecule has 2 rings (SSSR count). The summed E-state index contributed by atoms with van der Waals surface area (Å²) in [5, 5.41) is 10.5. The number of carbonyl (C=O) groups is 1. The van der Waals surface area contributed by atoms with Gasteiger partial charge in [0.2, 0.25) is 0 Å². The van der Waals surface area contributed by atoms with E-state index >= 15 is 0 Å². The fraction of sp³-hybridized carbons (Fsp3) is 0.444. The summed E-state index contributed by atoms with van der Waals surface area (Å²) in [5.41, 5.74) is 3.68. The molecule has 1 aromatic carbocycles. The molecular formula is C18H26N4O. The third-order valence-corrected chi connectivity index (χ3v) is 4.17. The Hall–Kier alpha value is -2.30. The van der Waals surface area contributed by atoms with Crippen molar-refractivity contribution in [3.05, 3.63) is 47.3 Å². The number of aromatic nitrogens is 2. The third-order valence-electron chi connectivity index (χ3n) is 4.17. The number of nitrogens with one attached hydrogen (secondary N) is 2. The highest BCUT2D eigenvalue weighted by Gasteiger charge is 2.14. The van der Waals surface area contributed by atoms with Crippen LogP contribution in [-0.4, -0.2) is 21.7 Å². The maximum absolute atomic E-state index is 12.5. The zero-order valence-electron chi connectivity index (χ0n) is 14.6. The van der Waals surface area contributed by atoms with E-state index in [-0.39, 0.29) is 5.91 Å². The smallest absolute Gasteiger partial charge is 0.251 e. The van der Waals surface area contributed by atoms with Gasteiger partial charge >= 0.3 is 0 Å². The van der Waals surface area contributed by atoms with Gasteiger partial charge < -0.3 is 10.6 Å². The summed E-state index contributed by atoms with van der Waals surface area (Å²) in [4.78, 5) is 12.5. The van der Waals surface area contributed by atoms with Crippen molar-refractivity contribution in [2.45, 2.75) is 40.3 Å². The Morgan fingerprint density at radius 2 is 2.04 bits per heavy atom. The van der Waals surface area contributed by atoms with Gasteiger partial charge in [0.1, 0.15) is 0 Å². The minimum atomic E-state index is -0.0628. The molecule has 0 saturated heterocycles. The van der Waals surface area contributed by atoms with Crippen molar-refractivity contribution in [1.82, 2.24) is 15.1 Å². The monoisotopic (exact) mass is 314 g/mol. The van der Waals surface area contributed by atoms with Gasteiger partial charge in [0.15, 0.2) is 0 Å². The van der Waals surface area contributed by atoms with Gasteiger partial charge in [-0.15, -0.1) is 0 Å². The third kappa shape index (κ3) is 4.34. The van der Waals surface area contributed by atoms with Crippen LogP contribution < -0.4 is 10.6 Å². The first-order chi connectivity index (χ1) is 10.9. The summed E-state index contributed by atoms with van der Waals surface area (Å²) in [5.74, 6) is 0.463. The number of anilines is 1. The summed E-state index contributed by atoms with van der Waals surface area (Å²) < 4.78 is 1.73. The highest BCUT2D eigenvalue weighted by Crippen LogP contribution is 2.21. The van der Waals surface area contributed by atoms with E-state index in [0.717, 1.165) is 16.8 Å². The van der Waals surface area contributed by atoms with Crippen molar-refractivity contribution >= 4 is 11.6 Å². The molecule has 124 valence electrons. The van der Waals surface area contributed by atoms with Gasteiger partial charge in [-0.1, -0.05) is 19.9 Å². The quantitative estimate of drug-likeness (QED) is 0.861. The number of benzene rings is 1. The summed E-state index contributed by atoms with van der Waals surface area (Å²) in [6, 6.07) is 6.15. The van der Waals surface area contributed by atoms with Gasteiger partial charge in [-0.2, -0.15) is 5.10 Å². The van der Waals surface area contributed by atoms with Crippen LogP contribution in [-0.2, 0) is 13.6 Å². The average molecular weight is 314 g/mol. The second kappa shape index (κ2) is 7.31. The van der Waals surface area contributed by atoms with Crippen LogP contribution in [0.25, 0.3) is 0 Å². The SMILES string of the molecule is Cc1c(NC(C)C(C)C)cccc1C(=O)NCc1cnn(C)c1. The topological polar surface area (TPSA) is 59.0 Å². The Morgan fingerprint density at radius 1 is 1.30 bits per heavy atom. The van der Waals surface area contributed by atoms with Crippen molar-refractivity contribution in [1.29, 1.82) is 0 Å². The number of carbonyl (C=O) groups excluding carboxylic acids is 1. The second-order valence-corrected chi connectivity index (χ2v) is 6.36. The van der Waals surface area contributed by atoms with Gasteiger partial charge in [-0.25, -0.2) is 0 Å². The molecule has 2 aromatic rings. The normalized spacial score (nSPS) is 12.3. The van der Waals surface area contributed by atoms with Gasteiger partial charge in [0, 0.05) is 42.6 Å². The molecule has 1 amide bonds. The summed E-state index contributed by atoms with van der Waals surface area (Å²) in [6.07, 6.45) is 3.66. The molecule has 5 heteroatoms. The number of hydrogen-bond acceptors (Lipinski definition) is 3. The van der Waals surface area contributed by atoms with Crippen LogP contribution in [0.2, 0.25) is 0 Å². The van der Waals surface area contributed by atoms with Gasteiger partial charge in [-0.3, -0.25) is 9.48 Å². The Kier molecular flexibility index (Phi) is 5.42. The molecule has 0 saturated carbocycles. The molecule has 1 aromatic heterocycles. The van der Waals surface area contributed by atoms with Crippen LogP contribution in [0.3, 0.4) is 0 Å². The van der Waals surface area contributed by atoms with Gasteiger partial charge in [0.05, 0.1) is 6.20 Å². The number of rotatable bonds is 6. The summed E-state index contributed by atoms with van der Waals surface area (Å²) in [7, 11) is 1.86. The minimum Gasteiger partial charge on any atom is -0.382 e. The highest BCUT2D eigenvalue weighted by molar-refractivity contribution is 5.97. The van der Waals surface area contributed by atoms with Crippen molar-refractivity contribution in [2.75, 3.05) is 5.32 Å². The van der Waals surface area contributed by atoms with Crippen molar-refractivity contribution in [3.8, 4) is 0 Å². The highest BCUT2D eigenvalue weighted by atomic mass is 16.1. The minimum absolute atomic E-state index is 0.0628. The molecule has 0 bridgehead atoms. The van der Waals surface area contributed by atoms with E-state index in [4.69, 9.17) is 0 Å². The number of amides is 1. The second-order valence-electron chi connectivity index (χ2n) is 6.36. The van der Waals surface area contributed by atoms with Crippen molar-refractivity contribution in [2.24, 2.45) is 13.0 Å². The van der Waals surface area contributed by atoms with Crippen LogP contribution in [0.15, 0.2) is 30.6 Å². The van der Waals surface area contributed by atoms with E-state index in [2.05, 4.69) is 36.5 Å². The van der Waals surface area contributed by atoms with Crippen LogP contribution in [0, 0.1) is 12.8 Å². The largest absolute Gasteiger partial charge is 0.382 e. The molecule has 0 spiro atoms. The summed E-state index contributed by atoms with van der Waals surface area (Å²) >= 11 is 0. The van der Waals surface area contributed by atoms with Crippen molar-refractivity contribution < 1.29 is 4.79 Å². The molecule has 1 heterocycles. The first-order valence-corrected chi connectivity index (χ1v) is 8.00. The fourth-order valence-electron chi connectivity index (χ4n) is 2.29. The first-order valence-electron chi connectivity index (χ1n) is 8.00. The Labute approximate surface area is 138 Å². The molecule has 0 fully saturated rings.